The van der Waals surface area contributed by atoms with Crippen molar-refractivity contribution in [1.29, 1.82) is 0 Å². The third kappa shape index (κ3) is 1.92. The fourth-order valence-electron chi connectivity index (χ4n) is 5.37. The maximum absolute atomic E-state index is 11.6. The Morgan fingerprint density at radius 3 is 1.89 bits per heavy atom. The first kappa shape index (κ1) is 11.9. The Hall–Kier alpha value is -0.900. The number of amides is 2. The number of nitrogens with zero attached hydrogens (tertiary/aromatic N) is 1. The maximum atomic E-state index is 11.6. The highest BCUT2D eigenvalue weighted by molar-refractivity contribution is 6.00. The van der Waals surface area contributed by atoms with E-state index in [-0.39, 0.29) is 17.2 Å². The molecule has 1 saturated heterocycles. The lowest BCUT2D eigenvalue weighted by atomic mass is 9.50. The second-order valence-corrected chi connectivity index (χ2v) is 7.27. The van der Waals surface area contributed by atoms with E-state index < -0.39 is 0 Å². The lowest BCUT2D eigenvalue weighted by Gasteiger charge is -2.56. The van der Waals surface area contributed by atoms with Gasteiger partial charge in [-0.05, 0) is 61.7 Å². The van der Waals surface area contributed by atoms with Crippen molar-refractivity contribution in [2.75, 3.05) is 6.61 Å². The minimum Gasteiger partial charge on any atom is -0.272 e. The largest absolute Gasteiger partial charge is 0.272 e. The SMILES string of the molecule is O=C1CCC(=O)N1OCC12CC3CC(CC(C3)C1)C2. The van der Waals surface area contributed by atoms with Crippen LogP contribution in [-0.2, 0) is 14.4 Å². The van der Waals surface area contributed by atoms with Gasteiger partial charge in [0.15, 0.2) is 0 Å². The number of carbonyl (C=O) groups is 2. The van der Waals surface area contributed by atoms with Gasteiger partial charge in [0.1, 0.15) is 0 Å². The van der Waals surface area contributed by atoms with E-state index in [1.165, 1.54) is 38.5 Å². The molecule has 4 saturated carbocycles. The van der Waals surface area contributed by atoms with Gasteiger partial charge in [0.25, 0.3) is 11.8 Å². The van der Waals surface area contributed by atoms with Crippen molar-refractivity contribution in [3.63, 3.8) is 0 Å². The minimum atomic E-state index is -0.158. The first-order valence-corrected chi connectivity index (χ1v) is 7.62. The van der Waals surface area contributed by atoms with Crippen molar-refractivity contribution >= 4 is 11.8 Å². The van der Waals surface area contributed by atoms with Gasteiger partial charge in [0.05, 0.1) is 6.61 Å². The van der Waals surface area contributed by atoms with Gasteiger partial charge in [-0.15, -0.1) is 0 Å². The highest BCUT2D eigenvalue weighted by Crippen LogP contribution is 2.60. The molecule has 4 heteroatoms. The molecule has 1 aliphatic heterocycles. The molecule has 5 rings (SSSR count). The average molecular weight is 263 g/mol. The summed E-state index contributed by atoms with van der Waals surface area (Å²) in [6.07, 6.45) is 8.58. The topological polar surface area (TPSA) is 46.6 Å². The number of rotatable bonds is 3. The van der Waals surface area contributed by atoms with E-state index in [4.69, 9.17) is 4.84 Å². The van der Waals surface area contributed by atoms with Crippen molar-refractivity contribution in [1.82, 2.24) is 5.06 Å². The zero-order chi connectivity index (χ0) is 13.0. The Morgan fingerprint density at radius 2 is 1.42 bits per heavy atom. The molecule has 0 atom stereocenters. The fraction of sp³-hybridized carbons (Fsp3) is 0.867. The summed E-state index contributed by atoms with van der Waals surface area (Å²) in [6.45, 7) is 0.577. The van der Waals surface area contributed by atoms with Crippen LogP contribution in [0, 0.1) is 23.2 Å². The van der Waals surface area contributed by atoms with Crippen molar-refractivity contribution in [2.24, 2.45) is 23.2 Å². The van der Waals surface area contributed by atoms with E-state index in [2.05, 4.69) is 0 Å². The number of imide groups is 1. The molecule has 0 spiro atoms. The third-order valence-electron chi connectivity index (χ3n) is 5.67. The fourth-order valence-corrected chi connectivity index (χ4v) is 5.37. The van der Waals surface area contributed by atoms with Crippen LogP contribution in [0.25, 0.3) is 0 Å². The lowest BCUT2D eigenvalue weighted by molar-refractivity contribution is -0.208. The van der Waals surface area contributed by atoms with E-state index in [1.54, 1.807) is 0 Å². The molecule has 19 heavy (non-hydrogen) atoms. The predicted octanol–water partition coefficient (Wildman–Crippen LogP) is 2.28. The number of hydrogen-bond acceptors (Lipinski definition) is 3. The van der Waals surface area contributed by atoms with Gasteiger partial charge in [0.2, 0.25) is 0 Å². The normalized spacial score (nSPS) is 44.4. The van der Waals surface area contributed by atoms with Crippen LogP contribution in [0.4, 0.5) is 0 Å². The van der Waals surface area contributed by atoms with Crippen LogP contribution < -0.4 is 0 Å². The van der Waals surface area contributed by atoms with Crippen LogP contribution in [0.15, 0.2) is 0 Å². The molecule has 5 fully saturated rings. The van der Waals surface area contributed by atoms with Crippen LogP contribution in [0.1, 0.15) is 51.4 Å². The third-order valence-corrected chi connectivity index (χ3v) is 5.67. The summed E-state index contributed by atoms with van der Waals surface area (Å²) >= 11 is 0. The van der Waals surface area contributed by atoms with Gasteiger partial charge in [-0.2, -0.15) is 5.06 Å². The van der Waals surface area contributed by atoms with Crippen LogP contribution in [0.5, 0.6) is 0 Å². The minimum absolute atomic E-state index is 0.158. The van der Waals surface area contributed by atoms with Crippen LogP contribution >= 0.6 is 0 Å². The van der Waals surface area contributed by atoms with E-state index in [0.717, 1.165) is 22.8 Å². The summed E-state index contributed by atoms with van der Waals surface area (Å²) in [4.78, 5) is 28.8. The number of hydrogen-bond donors (Lipinski definition) is 0. The number of carbonyl (C=O) groups excluding carboxylic acids is 2. The Balaban J connectivity index is 1.45. The van der Waals surface area contributed by atoms with Gasteiger partial charge in [-0.3, -0.25) is 14.4 Å². The quantitative estimate of drug-likeness (QED) is 0.734. The van der Waals surface area contributed by atoms with E-state index in [1.807, 2.05) is 0 Å². The summed E-state index contributed by atoms with van der Waals surface area (Å²) in [5.74, 6) is 2.31. The van der Waals surface area contributed by atoms with Crippen molar-refractivity contribution in [3.05, 3.63) is 0 Å². The molecule has 0 N–H and O–H groups in total. The van der Waals surface area contributed by atoms with Crippen LogP contribution in [0.2, 0.25) is 0 Å². The lowest BCUT2D eigenvalue weighted by Crippen LogP contribution is -2.49. The molecule has 0 radical (unpaired) electrons. The standard InChI is InChI=1S/C15H21NO3/c17-13-1-2-14(18)16(13)19-9-15-6-10-3-11(7-15)5-12(4-10)8-15/h10-12H,1-9H2. The Labute approximate surface area is 113 Å². The Bertz CT molecular complexity index is 380. The molecule has 0 aromatic carbocycles. The zero-order valence-electron chi connectivity index (χ0n) is 11.3. The second kappa shape index (κ2) is 4.05. The smallest absolute Gasteiger partial charge is 0.253 e. The molecule has 0 aromatic rings. The van der Waals surface area contributed by atoms with E-state index >= 15 is 0 Å². The highest BCUT2D eigenvalue weighted by Gasteiger charge is 2.51. The summed E-state index contributed by atoms with van der Waals surface area (Å²) in [5.41, 5.74) is 0.262. The molecule has 4 bridgehead atoms. The summed E-state index contributed by atoms with van der Waals surface area (Å²) in [7, 11) is 0. The van der Waals surface area contributed by atoms with Gasteiger partial charge in [0, 0.05) is 12.8 Å². The first-order valence-electron chi connectivity index (χ1n) is 7.62. The molecule has 4 nitrogen and oxygen atoms in total. The van der Waals surface area contributed by atoms with Gasteiger partial charge < -0.3 is 0 Å². The van der Waals surface area contributed by atoms with Crippen LogP contribution in [-0.4, -0.2) is 23.5 Å². The van der Waals surface area contributed by atoms with Gasteiger partial charge in [-0.25, -0.2) is 0 Å². The molecular formula is C15H21NO3. The molecule has 104 valence electrons. The molecule has 5 aliphatic rings. The summed E-state index contributed by atoms with van der Waals surface area (Å²) in [6, 6.07) is 0. The maximum Gasteiger partial charge on any atom is 0.253 e. The molecule has 4 aliphatic carbocycles. The molecule has 2 amide bonds. The highest BCUT2D eigenvalue weighted by atomic mass is 16.7. The van der Waals surface area contributed by atoms with E-state index in [0.29, 0.717) is 19.4 Å². The van der Waals surface area contributed by atoms with Crippen molar-refractivity contribution < 1.29 is 14.4 Å². The van der Waals surface area contributed by atoms with Gasteiger partial charge >= 0.3 is 0 Å². The predicted molar refractivity (Wildman–Crippen MR) is 67.6 cm³/mol. The summed E-state index contributed by atoms with van der Waals surface area (Å²) in [5, 5.41) is 1.04. The first-order chi connectivity index (χ1) is 9.13. The van der Waals surface area contributed by atoms with E-state index in [9.17, 15) is 9.59 Å². The monoisotopic (exact) mass is 263 g/mol. The Morgan fingerprint density at radius 1 is 0.947 bits per heavy atom. The Kier molecular flexibility index (Phi) is 2.53. The zero-order valence-corrected chi connectivity index (χ0v) is 11.3. The van der Waals surface area contributed by atoms with Crippen molar-refractivity contribution in [2.45, 2.75) is 51.4 Å². The average Bonchev–Trinajstić information content (AvgIpc) is 2.65. The second-order valence-electron chi connectivity index (χ2n) is 7.27. The molecule has 1 heterocycles. The van der Waals surface area contributed by atoms with Crippen molar-refractivity contribution in [3.8, 4) is 0 Å². The molecule has 0 unspecified atom stereocenters. The summed E-state index contributed by atoms with van der Waals surface area (Å²) < 4.78 is 0. The molecular weight excluding hydrogens is 242 g/mol. The number of hydroxylamine groups is 2. The van der Waals surface area contributed by atoms with Crippen LogP contribution in [0.3, 0.4) is 0 Å². The molecule has 0 aromatic heterocycles. The van der Waals surface area contributed by atoms with Gasteiger partial charge in [-0.1, -0.05) is 0 Å².